The van der Waals surface area contributed by atoms with Crippen molar-refractivity contribution in [1.29, 1.82) is 0 Å². The van der Waals surface area contributed by atoms with Crippen molar-refractivity contribution in [2.45, 2.75) is 27.7 Å². The Morgan fingerprint density at radius 1 is 0.667 bits per heavy atom. The van der Waals surface area contributed by atoms with Gasteiger partial charge >= 0.3 is 0 Å². The second-order valence-corrected chi connectivity index (χ2v) is 6.67. The first-order chi connectivity index (χ1) is 13.0. The fourth-order valence-corrected chi connectivity index (χ4v) is 3.05. The molecule has 0 N–H and O–H groups in total. The Balaban J connectivity index is 1.63. The van der Waals surface area contributed by atoms with Gasteiger partial charge in [-0.05, 0) is 52.0 Å². The summed E-state index contributed by atoms with van der Waals surface area (Å²) in [6.45, 7) is 8.15. The van der Waals surface area contributed by atoms with Crippen molar-refractivity contribution >= 4 is 0 Å². The van der Waals surface area contributed by atoms with E-state index in [0.717, 1.165) is 45.6 Å². The number of nitrogens with zero attached hydrogens (tertiary/aromatic N) is 4. The lowest BCUT2D eigenvalue weighted by Crippen LogP contribution is -1.97. The number of benzene rings is 2. The fraction of sp³-hybridized carbons (Fsp3) is 0.182. The highest BCUT2D eigenvalue weighted by molar-refractivity contribution is 5.46. The number of ether oxygens (including phenoxy) is 1. The lowest BCUT2D eigenvalue weighted by molar-refractivity contribution is 0.482. The SMILES string of the molecule is Cc1ncn(-c2cccc(Oc3cccc(-n4cnc(C)c4C)c3)c2)c1C. The Labute approximate surface area is 158 Å². The van der Waals surface area contributed by atoms with Crippen LogP contribution in [0.2, 0.25) is 0 Å². The van der Waals surface area contributed by atoms with E-state index in [1.54, 1.807) is 0 Å². The molecule has 0 bridgehead atoms. The van der Waals surface area contributed by atoms with Gasteiger partial charge in [-0.3, -0.25) is 0 Å². The number of aromatic nitrogens is 4. The summed E-state index contributed by atoms with van der Waals surface area (Å²) < 4.78 is 10.3. The molecule has 5 nitrogen and oxygen atoms in total. The van der Waals surface area contributed by atoms with Gasteiger partial charge in [0.2, 0.25) is 0 Å². The molecule has 0 unspecified atom stereocenters. The molecular weight excluding hydrogens is 336 g/mol. The number of aryl methyl sites for hydroxylation is 2. The smallest absolute Gasteiger partial charge is 0.129 e. The van der Waals surface area contributed by atoms with Gasteiger partial charge < -0.3 is 13.9 Å². The van der Waals surface area contributed by atoms with Crippen molar-refractivity contribution in [3.05, 3.63) is 84.0 Å². The first kappa shape index (κ1) is 17.1. The molecule has 4 rings (SSSR count). The van der Waals surface area contributed by atoms with Gasteiger partial charge in [0.25, 0.3) is 0 Å². The molecule has 2 heterocycles. The summed E-state index contributed by atoms with van der Waals surface area (Å²) in [4.78, 5) is 8.75. The maximum Gasteiger partial charge on any atom is 0.129 e. The van der Waals surface area contributed by atoms with Crippen LogP contribution in [0.25, 0.3) is 11.4 Å². The molecule has 2 aromatic heterocycles. The van der Waals surface area contributed by atoms with E-state index in [2.05, 4.69) is 45.1 Å². The van der Waals surface area contributed by atoms with Crippen LogP contribution in [0.15, 0.2) is 61.2 Å². The van der Waals surface area contributed by atoms with Crippen molar-refractivity contribution in [3.8, 4) is 22.9 Å². The molecule has 0 amide bonds. The van der Waals surface area contributed by atoms with E-state index in [9.17, 15) is 0 Å². The normalized spacial score (nSPS) is 11.0. The van der Waals surface area contributed by atoms with E-state index in [4.69, 9.17) is 4.74 Å². The number of hydrogen-bond donors (Lipinski definition) is 0. The molecule has 4 aromatic rings. The summed E-state index contributed by atoms with van der Waals surface area (Å²) in [6, 6.07) is 16.0. The maximum atomic E-state index is 6.13. The average molecular weight is 358 g/mol. The van der Waals surface area contributed by atoms with E-state index in [1.165, 1.54) is 0 Å². The summed E-state index contributed by atoms with van der Waals surface area (Å²) in [6.07, 6.45) is 3.68. The van der Waals surface area contributed by atoms with Gasteiger partial charge in [-0.2, -0.15) is 0 Å². The molecule has 0 saturated carbocycles. The van der Waals surface area contributed by atoms with Crippen LogP contribution < -0.4 is 4.74 Å². The highest BCUT2D eigenvalue weighted by Gasteiger charge is 2.08. The topological polar surface area (TPSA) is 44.9 Å². The van der Waals surface area contributed by atoms with E-state index in [-0.39, 0.29) is 0 Å². The number of imidazole rings is 2. The minimum atomic E-state index is 0.786. The van der Waals surface area contributed by atoms with Crippen molar-refractivity contribution < 1.29 is 4.74 Å². The van der Waals surface area contributed by atoms with Crippen LogP contribution >= 0.6 is 0 Å². The Morgan fingerprint density at radius 3 is 1.48 bits per heavy atom. The van der Waals surface area contributed by atoms with Gasteiger partial charge in [0.15, 0.2) is 0 Å². The Hall–Kier alpha value is -3.34. The highest BCUT2D eigenvalue weighted by atomic mass is 16.5. The van der Waals surface area contributed by atoms with Gasteiger partial charge in [0.05, 0.1) is 35.4 Å². The van der Waals surface area contributed by atoms with Crippen LogP contribution in [0.5, 0.6) is 11.5 Å². The summed E-state index contributed by atoms with van der Waals surface area (Å²) in [5.74, 6) is 1.57. The second-order valence-electron chi connectivity index (χ2n) is 6.67. The van der Waals surface area contributed by atoms with Crippen molar-refractivity contribution in [3.63, 3.8) is 0 Å². The Bertz CT molecular complexity index is 1020. The third-order valence-electron chi connectivity index (χ3n) is 4.93. The zero-order chi connectivity index (χ0) is 19.0. The molecule has 0 aliphatic rings. The van der Waals surface area contributed by atoms with E-state index >= 15 is 0 Å². The molecule has 27 heavy (non-hydrogen) atoms. The van der Waals surface area contributed by atoms with Gasteiger partial charge in [0.1, 0.15) is 11.5 Å². The summed E-state index contributed by atoms with van der Waals surface area (Å²) in [7, 11) is 0. The molecule has 136 valence electrons. The standard InChI is InChI=1S/C22H22N4O/c1-15-17(3)25(13-23-15)19-7-5-9-21(11-19)27-22-10-6-8-20(12-22)26-14-24-16(2)18(26)4/h5-14H,1-4H3. The molecule has 2 aromatic carbocycles. The summed E-state index contributed by atoms with van der Waals surface area (Å²) in [5, 5.41) is 0. The third-order valence-corrected chi connectivity index (χ3v) is 4.93. The first-order valence-electron chi connectivity index (χ1n) is 8.93. The minimum Gasteiger partial charge on any atom is -0.457 e. The Kier molecular flexibility index (Phi) is 4.28. The molecule has 0 aliphatic heterocycles. The molecule has 0 spiro atoms. The molecule has 0 saturated heterocycles. The fourth-order valence-electron chi connectivity index (χ4n) is 3.05. The van der Waals surface area contributed by atoms with Crippen LogP contribution in [-0.2, 0) is 0 Å². The van der Waals surface area contributed by atoms with Crippen molar-refractivity contribution in [2.24, 2.45) is 0 Å². The number of rotatable bonds is 4. The number of hydrogen-bond acceptors (Lipinski definition) is 3. The van der Waals surface area contributed by atoms with Crippen LogP contribution in [0.1, 0.15) is 22.8 Å². The van der Waals surface area contributed by atoms with Gasteiger partial charge in [-0.1, -0.05) is 12.1 Å². The first-order valence-corrected chi connectivity index (χ1v) is 8.93. The molecule has 5 heteroatoms. The van der Waals surface area contributed by atoms with Crippen LogP contribution in [-0.4, -0.2) is 19.1 Å². The van der Waals surface area contributed by atoms with Crippen LogP contribution in [0, 0.1) is 27.7 Å². The zero-order valence-corrected chi connectivity index (χ0v) is 16.0. The molecule has 0 fully saturated rings. The molecule has 0 radical (unpaired) electrons. The molecular formula is C22H22N4O. The lowest BCUT2D eigenvalue weighted by atomic mass is 10.2. The lowest BCUT2D eigenvalue weighted by Gasteiger charge is -2.11. The highest BCUT2D eigenvalue weighted by Crippen LogP contribution is 2.27. The van der Waals surface area contributed by atoms with Crippen LogP contribution in [0.3, 0.4) is 0 Å². The van der Waals surface area contributed by atoms with E-state index < -0.39 is 0 Å². The molecule has 0 atom stereocenters. The second kappa shape index (κ2) is 6.76. The predicted octanol–water partition coefficient (Wildman–Crippen LogP) is 5.08. The maximum absolute atomic E-state index is 6.13. The van der Waals surface area contributed by atoms with Gasteiger partial charge in [0, 0.05) is 23.5 Å². The zero-order valence-electron chi connectivity index (χ0n) is 16.0. The minimum absolute atomic E-state index is 0.786. The molecule has 0 aliphatic carbocycles. The monoisotopic (exact) mass is 358 g/mol. The van der Waals surface area contributed by atoms with Crippen molar-refractivity contribution in [2.75, 3.05) is 0 Å². The predicted molar refractivity (Wildman–Crippen MR) is 106 cm³/mol. The summed E-state index contributed by atoms with van der Waals surface area (Å²) >= 11 is 0. The largest absolute Gasteiger partial charge is 0.457 e. The van der Waals surface area contributed by atoms with Gasteiger partial charge in [-0.25, -0.2) is 9.97 Å². The quantitative estimate of drug-likeness (QED) is 0.511. The van der Waals surface area contributed by atoms with E-state index in [0.29, 0.717) is 0 Å². The van der Waals surface area contributed by atoms with E-state index in [1.807, 2.05) is 62.9 Å². The average Bonchev–Trinajstić information content (AvgIpc) is 3.18. The van der Waals surface area contributed by atoms with Crippen LogP contribution in [0.4, 0.5) is 0 Å². The Morgan fingerprint density at radius 2 is 1.11 bits per heavy atom. The third kappa shape index (κ3) is 3.24. The van der Waals surface area contributed by atoms with Crippen molar-refractivity contribution in [1.82, 2.24) is 19.1 Å². The van der Waals surface area contributed by atoms with Gasteiger partial charge in [-0.15, -0.1) is 0 Å². The summed E-state index contributed by atoms with van der Waals surface area (Å²) in [5.41, 5.74) is 6.37.